The van der Waals surface area contributed by atoms with E-state index >= 15 is 0 Å². The van der Waals surface area contributed by atoms with Crippen molar-refractivity contribution in [2.45, 2.75) is 13.5 Å². The lowest BCUT2D eigenvalue weighted by Gasteiger charge is -2.10. The molecule has 6 heteroatoms. The fraction of sp³-hybridized carbons (Fsp3) is 0.294. The van der Waals surface area contributed by atoms with Crippen LogP contribution < -0.4 is 10.3 Å². The Labute approximate surface area is 133 Å². The summed E-state index contributed by atoms with van der Waals surface area (Å²) in [5.41, 5.74) is 0.650. The predicted molar refractivity (Wildman–Crippen MR) is 85.3 cm³/mol. The normalized spacial score (nSPS) is 10.5. The van der Waals surface area contributed by atoms with Gasteiger partial charge in [0.15, 0.2) is 0 Å². The summed E-state index contributed by atoms with van der Waals surface area (Å²) in [6.07, 6.45) is 1.60. The molecule has 0 radical (unpaired) electrons. The molecule has 0 spiro atoms. The van der Waals surface area contributed by atoms with Crippen molar-refractivity contribution in [2.75, 3.05) is 20.3 Å². The number of hydrogen-bond acceptors (Lipinski definition) is 4. The van der Waals surface area contributed by atoms with Crippen molar-refractivity contribution in [3.8, 4) is 5.75 Å². The number of methoxy groups -OCH3 is 1. The molecule has 23 heavy (non-hydrogen) atoms. The molecular weight excluding hydrogens is 298 g/mol. The van der Waals surface area contributed by atoms with Crippen molar-refractivity contribution >= 4 is 5.97 Å². The van der Waals surface area contributed by atoms with E-state index < -0.39 is 11.5 Å². The average Bonchev–Trinajstić information content (AvgIpc) is 2.52. The first kappa shape index (κ1) is 16.8. The van der Waals surface area contributed by atoms with Crippen LogP contribution in [0.1, 0.15) is 21.5 Å². The first-order chi connectivity index (χ1) is 11.0. The van der Waals surface area contributed by atoms with Crippen LogP contribution in [0.15, 0.2) is 41.3 Å². The monoisotopic (exact) mass is 317 g/mol. The zero-order valence-electron chi connectivity index (χ0n) is 13.1. The van der Waals surface area contributed by atoms with Gasteiger partial charge in [-0.15, -0.1) is 0 Å². The SMILES string of the molecule is COCCOc1ccc(Cn2ccc(C)c(C(=O)O)c2=O)cc1. The fourth-order valence-electron chi connectivity index (χ4n) is 2.18. The molecule has 0 unspecified atom stereocenters. The smallest absolute Gasteiger partial charge is 0.341 e. The fourth-order valence-corrected chi connectivity index (χ4v) is 2.18. The molecule has 2 rings (SSSR count). The lowest BCUT2D eigenvalue weighted by atomic mass is 10.1. The van der Waals surface area contributed by atoms with Crippen molar-refractivity contribution in [3.05, 3.63) is 63.6 Å². The third kappa shape index (κ3) is 4.20. The van der Waals surface area contributed by atoms with E-state index in [-0.39, 0.29) is 5.56 Å². The largest absolute Gasteiger partial charge is 0.491 e. The zero-order valence-corrected chi connectivity index (χ0v) is 13.1. The van der Waals surface area contributed by atoms with Gasteiger partial charge in [-0.1, -0.05) is 12.1 Å². The Balaban J connectivity index is 2.15. The van der Waals surface area contributed by atoms with Gasteiger partial charge < -0.3 is 19.1 Å². The summed E-state index contributed by atoms with van der Waals surface area (Å²) in [7, 11) is 1.61. The Bertz CT molecular complexity index is 734. The van der Waals surface area contributed by atoms with Crippen molar-refractivity contribution in [2.24, 2.45) is 0 Å². The van der Waals surface area contributed by atoms with Crippen LogP contribution in [-0.2, 0) is 11.3 Å². The number of carboxylic acids is 1. The molecule has 0 aliphatic rings. The highest BCUT2D eigenvalue weighted by Gasteiger charge is 2.14. The van der Waals surface area contributed by atoms with Crippen LogP contribution in [0.2, 0.25) is 0 Å². The minimum atomic E-state index is -1.20. The second kappa shape index (κ2) is 7.60. The minimum absolute atomic E-state index is 0.188. The van der Waals surface area contributed by atoms with Crippen molar-refractivity contribution < 1.29 is 19.4 Å². The van der Waals surface area contributed by atoms with E-state index in [1.807, 2.05) is 24.3 Å². The van der Waals surface area contributed by atoms with Gasteiger partial charge in [-0.25, -0.2) is 4.79 Å². The van der Waals surface area contributed by atoms with E-state index in [1.165, 1.54) is 4.57 Å². The molecule has 0 aliphatic carbocycles. The lowest BCUT2D eigenvalue weighted by Crippen LogP contribution is -2.27. The summed E-state index contributed by atoms with van der Waals surface area (Å²) in [6.45, 7) is 2.90. The number of ether oxygens (including phenoxy) is 2. The first-order valence-electron chi connectivity index (χ1n) is 7.17. The van der Waals surface area contributed by atoms with Gasteiger partial charge in [0, 0.05) is 13.3 Å². The highest BCUT2D eigenvalue weighted by Crippen LogP contribution is 2.13. The summed E-state index contributed by atoms with van der Waals surface area (Å²) in [5.74, 6) is -0.489. The summed E-state index contributed by atoms with van der Waals surface area (Å²) < 4.78 is 11.8. The molecule has 0 atom stereocenters. The van der Waals surface area contributed by atoms with E-state index in [2.05, 4.69) is 0 Å². The molecule has 1 heterocycles. The third-order valence-corrected chi connectivity index (χ3v) is 3.42. The topological polar surface area (TPSA) is 77.8 Å². The third-order valence-electron chi connectivity index (χ3n) is 3.42. The molecule has 0 saturated carbocycles. The quantitative estimate of drug-likeness (QED) is 0.790. The van der Waals surface area contributed by atoms with Gasteiger partial charge in [0.05, 0.1) is 13.2 Å². The van der Waals surface area contributed by atoms with Crippen LogP contribution in [0.25, 0.3) is 0 Å². The number of benzene rings is 1. The van der Waals surface area contributed by atoms with Crippen LogP contribution in [-0.4, -0.2) is 36.0 Å². The van der Waals surface area contributed by atoms with Gasteiger partial charge in [0.25, 0.3) is 5.56 Å². The van der Waals surface area contributed by atoms with Crippen LogP contribution >= 0.6 is 0 Å². The number of pyridine rings is 1. The van der Waals surface area contributed by atoms with Crippen molar-refractivity contribution in [1.82, 2.24) is 4.57 Å². The van der Waals surface area contributed by atoms with Crippen molar-refractivity contribution in [1.29, 1.82) is 0 Å². The Morgan fingerprint density at radius 2 is 1.87 bits per heavy atom. The van der Waals surface area contributed by atoms with Crippen LogP contribution in [0.5, 0.6) is 5.75 Å². The Kier molecular flexibility index (Phi) is 5.54. The zero-order chi connectivity index (χ0) is 16.8. The molecule has 122 valence electrons. The second-order valence-corrected chi connectivity index (χ2v) is 5.10. The average molecular weight is 317 g/mol. The Morgan fingerprint density at radius 3 is 2.48 bits per heavy atom. The van der Waals surface area contributed by atoms with Crippen LogP contribution in [0, 0.1) is 6.92 Å². The molecular formula is C17H19NO5. The number of aromatic carboxylic acids is 1. The van der Waals surface area contributed by atoms with E-state index in [9.17, 15) is 9.59 Å². The van der Waals surface area contributed by atoms with E-state index in [0.717, 1.165) is 5.56 Å². The summed E-state index contributed by atoms with van der Waals surface area (Å²) in [5, 5.41) is 9.14. The number of aryl methyl sites for hydroxylation is 1. The van der Waals surface area contributed by atoms with Gasteiger partial charge in [-0.2, -0.15) is 0 Å². The molecule has 1 aromatic heterocycles. The molecule has 0 bridgehead atoms. The molecule has 0 amide bonds. The molecule has 6 nitrogen and oxygen atoms in total. The van der Waals surface area contributed by atoms with Crippen molar-refractivity contribution in [3.63, 3.8) is 0 Å². The first-order valence-corrected chi connectivity index (χ1v) is 7.17. The maximum atomic E-state index is 12.2. The lowest BCUT2D eigenvalue weighted by molar-refractivity contribution is 0.0693. The maximum Gasteiger partial charge on any atom is 0.341 e. The molecule has 0 saturated heterocycles. The molecule has 0 aliphatic heterocycles. The van der Waals surface area contributed by atoms with Gasteiger partial charge in [0.1, 0.15) is 17.9 Å². The minimum Gasteiger partial charge on any atom is -0.491 e. The summed E-state index contributed by atoms with van der Waals surface area (Å²) in [4.78, 5) is 23.4. The van der Waals surface area contributed by atoms with E-state index in [0.29, 0.717) is 31.1 Å². The van der Waals surface area contributed by atoms with Gasteiger partial charge in [0.2, 0.25) is 0 Å². The van der Waals surface area contributed by atoms with E-state index in [4.69, 9.17) is 14.6 Å². The molecule has 1 aromatic carbocycles. The Morgan fingerprint density at radius 1 is 1.17 bits per heavy atom. The second-order valence-electron chi connectivity index (χ2n) is 5.10. The standard InChI is InChI=1S/C17H19NO5/c1-12-7-8-18(16(19)15(12)17(20)21)11-13-3-5-14(6-4-13)23-10-9-22-2/h3-8H,9-11H2,1-2H3,(H,20,21). The van der Waals surface area contributed by atoms with Gasteiger partial charge in [-0.3, -0.25) is 4.79 Å². The number of hydrogen-bond donors (Lipinski definition) is 1. The number of aromatic nitrogens is 1. The summed E-state index contributed by atoms with van der Waals surface area (Å²) in [6, 6.07) is 8.93. The molecule has 2 aromatic rings. The highest BCUT2D eigenvalue weighted by molar-refractivity contribution is 5.88. The maximum absolute atomic E-state index is 12.2. The molecule has 1 N–H and O–H groups in total. The molecule has 0 fully saturated rings. The van der Waals surface area contributed by atoms with Crippen LogP contribution in [0.4, 0.5) is 0 Å². The van der Waals surface area contributed by atoms with Crippen LogP contribution in [0.3, 0.4) is 0 Å². The number of carboxylic acid groups (broad SMARTS) is 1. The predicted octanol–water partition coefficient (Wildman–Crippen LogP) is 1.93. The number of nitrogens with zero attached hydrogens (tertiary/aromatic N) is 1. The number of rotatable bonds is 7. The summed E-state index contributed by atoms with van der Waals surface area (Å²) >= 11 is 0. The Hall–Kier alpha value is -2.60. The number of carbonyl (C=O) groups is 1. The van der Waals surface area contributed by atoms with Gasteiger partial charge in [-0.05, 0) is 36.2 Å². The highest BCUT2D eigenvalue weighted by atomic mass is 16.5. The van der Waals surface area contributed by atoms with Gasteiger partial charge >= 0.3 is 5.97 Å². The van der Waals surface area contributed by atoms with E-state index in [1.54, 1.807) is 26.3 Å².